The molecule has 0 fully saturated rings. The van der Waals surface area contributed by atoms with E-state index in [0.29, 0.717) is 23.1 Å². The highest BCUT2D eigenvalue weighted by Crippen LogP contribution is 2.69. The number of fused-ring (bicyclic) bond motifs is 5. The highest BCUT2D eigenvalue weighted by molar-refractivity contribution is 5.69. The molecule has 1 aliphatic carbocycles. The second-order valence-electron chi connectivity index (χ2n) is 10.9. The van der Waals surface area contributed by atoms with Gasteiger partial charge in [-0.15, -0.1) is 0 Å². The van der Waals surface area contributed by atoms with E-state index >= 15 is 0 Å². The Balaban J connectivity index is 1.65. The molecule has 1 aliphatic heterocycles. The van der Waals surface area contributed by atoms with Gasteiger partial charge in [-0.2, -0.15) is 4.98 Å². The van der Waals surface area contributed by atoms with Gasteiger partial charge in [0.15, 0.2) is 17.0 Å². The lowest BCUT2D eigenvalue weighted by atomic mass is 9.69. The zero-order valence-electron chi connectivity index (χ0n) is 23.0. The summed E-state index contributed by atoms with van der Waals surface area (Å²) in [5.74, 6) is 1.14. The number of nitrogens with zero attached hydrogens (tertiary/aromatic N) is 2. The Bertz CT molecular complexity index is 1750. The number of methoxy groups -OCH3 is 1. The summed E-state index contributed by atoms with van der Waals surface area (Å²) in [6.07, 6.45) is 0. The van der Waals surface area contributed by atoms with Crippen molar-refractivity contribution < 1.29 is 14.6 Å². The van der Waals surface area contributed by atoms with E-state index < -0.39 is 17.1 Å². The Morgan fingerprint density at radius 2 is 1.48 bits per heavy atom. The molecular weight excluding hydrogens is 496 g/mol. The number of aliphatic hydroxyl groups is 1. The van der Waals surface area contributed by atoms with Gasteiger partial charge in [0.05, 0.1) is 24.3 Å². The number of hydrogen-bond acceptors (Lipinski definition) is 5. The average molecular weight is 527 g/mol. The van der Waals surface area contributed by atoms with E-state index in [1.165, 1.54) is 0 Å². The maximum absolute atomic E-state index is 13.4. The third-order valence-electron chi connectivity index (χ3n) is 8.40. The molecule has 5 nitrogen and oxygen atoms in total. The Morgan fingerprint density at radius 1 is 0.800 bits per heavy atom. The molecule has 40 heavy (non-hydrogen) atoms. The minimum Gasteiger partial charge on any atom is -0.481 e. The predicted octanol–water partition coefficient (Wildman–Crippen LogP) is 6.75. The number of ether oxygens (including phenoxy) is 2. The predicted molar refractivity (Wildman–Crippen MR) is 155 cm³/mol. The quantitative estimate of drug-likeness (QED) is 0.281. The maximum Gasteiger partial charge on any atom is 0.221 e. The fourth-order valence-corrected chi connectivity index (χ4v) is 6.81. The first kappa shape index (κ1) is 24.6. The molecule has 4 aromatic carbocycles. The highest BCUT2D eigenvalue weighted by Gasteiger charge is 2.73. The van der Waals surface area contributed by atoms with Crippen molar-refractivity contribution in [3.8, 4) is 23.0 Å². The molecule has 2 heterocycles. The summed E-state index contributed by atoms with van der Waals surface area (Å²) >= 11 is 0. The van der Waals surface area contributed by atoms with Crippen molar-refractivity contribution >= 4 is 0 Å². The number of aromatic nitrogens is 2. The molecule has 3 atom stereocenters. The Hall–Kier alpha value is -4.48. The molecule has 0 radical (unpaired) electrons. The second kappa shape index (κ2) is 8.77. The fourth-order valence-electron chi connectivity index (χ4n) is 6.81. The number of rotatable bonds is 4. The van der Waals surface area contributed by atoms with Crippen LogP contribution in [0.4, 0.5) is 0 Å². The SMILES string of the molecule is COc1nc(-c2ccccc2)nc2c1[C@@H](c1ccccc1)[C@]1(c3ccc(C)cc3)Oc3cc(C)cc(C)c3[C@]21O. The van der Waals surface area contributed by atoms with E-state index in [9.17, 15) is 5.11 Å². The molecule has 7 rings (SSSR count). The second-order valence-corrected chi connectivity index (χ2v) is 10.9. The van der Waals surface area contributed by atoms with Gasteiger partial charge in [-0.3, -0.25) is 0 Å². The highest BCUT2D eigenvalue weighted by atomic mass is 16.5. The summed E-state index contributed by atoms with van der Waals surface area (Å²) < 4.78 is 13.1. The minimum atomic E-state index is -1.62. The minimum absolute atomic E-state index is 0.432. The van der Waals surface area contributed by atoms with Gasteiger partial charge in [-0.1, -0.05) is 96.6 Å². The molecule has 1 aromatic heterocycles. The smallest absolute Gasteiger partial charge is 0.221 e. The van der Waals surface area contributed by atoms with Crippen LogP contribution >= 0.6 is 0 Å². The van der Waals surface area contributed by atoms with Crippen LogP contribution in [-0.2, 0) is 11.2 Å². The van der Waals surface area contributed by atoms with Gasteiger partial charge in [-0.25, -0.2) is 4.98 Å². The Morgan fingerprint density at radius 3 is 2.15 bits per heavy atom. The summed E-state index contributed by atoms with van der Waals surface area (Å²) in [6, 6.07) is 32.4. The molecule has 1 N–H and O–H groups in total. The van der Waals surface area contributed by atoms with Crippen LogP contribution in [0.3, 0.4) is 0 Å². The molecule has 0 spiro atoms. The summed E-state index contributed by atoms with van der Waals surface area (Å²) in [6.45, 7) is 6.14. The first-order chi connectivity index (χ1) is 19.4. The first-order valence-electron chi connectivity index (χ1n) is 13.6. The lowest BCUT2D eigenvalue weighted by Gasteiger charge is -2.40. The van der Waals surface area contributed by atoms with Gasteiger partial charge < -0.3 is 14.6 Å². The van der Waals surface area contributed by atoms with Crippen molar-refractivity contribution in [2.75, 3.05) is 7.11 Å². The van der Waals surface area contributed by atoms with Crippen molar-refractivity contribution in [2.24, 2.45) is 0 Å². The van der Waals surface area contributed by atoms with Crippen LogP contribution < -0.4 is 9.47 Å². The molecule has 0 amide bonds. The molecule has 0 saturated heterocycles. The maximum atomic E-state index is 13.4. The van der Waals surface area contributed by atoms with E-state index in [4.69, 9.17) is 19.4 Å². The van der Waals surface area contributed by atoms with Gasteiger partial charge in [0, 0.05) is 16.7 Å². The Labute approximate surface area is 234 Å². The van der Waals surface area contributed by atoms with Crippen LogP contribution in [-0.4, -0.2) is 22.2 Å². The number of benzene rings is 4. The molecule has 2 aliphatic rings. The van der Waals surface area contributed by atoms with Gasteiger partial charge in [0.2, 0.25) is 5.88 Å². The first-order valence-corrected chi connectivity index (χ1v) is 13.6. The summed E-state index contributed by atoms with van der Waals surface area (Å²) in [5.41, 5.74) is 4.95. The van der Waals surface area contributed by atoms with E-state index in [2.05, 4.69) is 56.3 Å². The zero-order chi connectivity index (χ0) is 27.6. The Kier molecular flexibility index (Phi) is 5.38. The van der Waals surface area contributed by atoms with E-state index in [-0.39, 0.29) is 0 Å². The topological polar surface area (TPSA) is 64.5 Å². The molecule has 198 valence electrons. The molecular formula is C35H30N2O3. The largest absolute Gasteiger partial charge is 0.481 e. The third-order valence-corrected chi connectivity index (χ3v) is 8.40. The van der Waals surface area contributed by atoms with Crippen molar-refractivity contribution in [1.82, 2.24) is 9.97 Å². The van der Waals surface area contributed by atoms with Crippen molar-refractivity contribution in [1.29, 1.82) is 0 Å². The van der Waals surface area contributed by atoms with Gasteiger partial charge >= 0.3 is 0 Å². The van der Waals surface area contributed by atoms with E-state index in [1.54, 1.807) is 7.11 Å². The van der Waals surface area contributed by atoms with Crippen LogP contribution in [0, 0.1) is 20.8 Å². The lowest BCUT2D eigenvalue weighted by molar-refractivity contribution is -0.0906. The summed E-state index contributed by atoms with van der Waals surface area (Å²) in [7, 11) is 1.62. The number of aryl methyl sites for hydroxylation is 3. The van der Waals surface area contributed by atoms with Crippen molar-refractivity contribution in [2.45, 2.75) is 37.9 Å². The normalized spacial score (nSPS) is 22.3. The summed E-state index contributed by atoms with van der Waals surface area (Å²) in [4.78, 5) is 10.1. The van der Waals surface area contributed by atoms with Crippen LogP contribution in [0.25, 0.3) is 11.4 Å². The average Bonchev–Trinajstić information content (AvgIpc) is 3.35. The monoisotopic (exact) mass is 526 g/mol. The van der Waals surface area contributed by atoms with Crippen molar-refractivity contribution in [3.63, 3.8) is 0 Å². The standard InChI is InChI=1S/C35H30N2O3/c1-21-15-17-26(18-16-21)35-30(24-11-7-5-8-12-24)28-31(34(35,38)29-23(3)19-22(2)20-27(29)40-35)36-32(37-33(28)39-4)25-13-9-6-10-14-25/h5-20,30,38H,1-4H3/t30-,34+,35+/m1/s1. The molecule has 0 bridgehead atoms. The molecule has 0 unspecified atom stereocenters. The molecule has 5 aromatic rings. The van der Waals surface area contributed by atoms with E-state index in [1.807, 2.05) is 61.5 Å². The van der Waals surface area contributed by atoms with Crippen LogP contribution in [0.5, 0.6) is 11.6 Å². The zero-order valence-corrected chi connectivity index (χ0v) is 23.0. The van der Waals surface area contributed by atoms with Gasteiger partial charge in [0.25, 0.3) is 0 Å². The third kappa shape index (κ3) is 3.18. The molecule has 5 heteroatoms. The fraction of sp³-hybridized carbons (Fsp3) is 0.200. The van der Waals surface area contributed by atoms with Crippen LogP contribution in [0.2, 0.25) is 0 Å². The lowest BCUT2D eigenvalue weighted by Crippen LogP contribution is -2.49. The summed E-state index contributed by atoms with van der Waals surface area (Å²) in [5, 5.41) is 13.4. The van der Waals surface area contributed by atoms with Gasteiger partial charge in [-0.05, 0) is 43.5 Å². The van der Waals surface area contributed by atoms with Crippen LogP contribution in [0.15, 0.2) is 97.1 Å². The molecule has 0 saturated carbocycles. The van der Waals surface area contributed by atoms with E-state index in [0.717, 1.165) is 44.5 Å². The number of hydrogen-bond donors (Lipinski definition) is 1. The van der Waals surface area contributed by atoms with Gasteiger partial charge in [0.1, 0.15) is 5.75 Å². The van der Waals surface area contributed by atoms with Crippen LogP contribution in [0.1, 0.15) is 50.6 Å². The van der Waals surface area contributed by atoms with Crippen molar-refractivity contribution in [3.05, 3.63) is 142 Å².